The fourth-order valence-corrected chi connectivity index (χ4v) is 2.27. The highest BCUT2D eigenvalue weighted by molar-refractivity contribution is 5.49. The van der Waals surface area contributed by atoms with E-state index in [9.17, 15) is 0 Å². The molecule has 0 bridgehead atoms. The Labute approximate surface area is 97.2 Å². The summed E-state index contributed by atoms with van der Waals surface area (Å²) in [6.07, 6.45) is 0.593. The zero-order valence-corrected chi connectivity index (χ0v) is 10.0. The van der Waals surface area contributed by atoms with Crippen molar-refractivity contribution in [3.05, 3.63) is 29.8 Å². The van der Waals surface area contributed by atoms with Crippen LogP contribution in [0.2, 0.25) is 0 Å². The van der Waals surface area contributed by atoms with Crippen LogP contribution < -0.4 is 10.6 Å². The predicted octanol–water partition coefficient (Wildman–Crippen LogP) is 1.76. The first-order chi connectivity index (χ1) is 7.69. The first-order valence-electron chi connectivity index (χ1n) is 5.88. The molecule has 2 unspecified atom stereocenters. The Morgan fingerprint density at radius 1 is 1.31 bits per heavy atom. The lowest BCUT2D eigenvalue weighted by Gasteiger charge is -2.37. The van der Waals surface area contributed by atoms with Crippen LogP contribution >= 0.6 is 0 Å². The fraction of sp³-hybridized carbons (Fsp3) is 0.538. The Balaban J connectivity index is 2.16. The van der Waals surface area contributed by atoms with Gasteiger partial charge in [0.25, 0.3) is 0 Å². The van der Waals surface area contributed by atoms with Crippen molar-refractivity contribution in [1.82, 2.24) is 0 Å². The first-order valence-corrected chi connectivity index (χ1v) is 5.88. The number of hydrogen-bond donors (Lipinski definition) is 1. The molecule has 1 aliphatic rings. The van der Waals surface area contributed by atoms with Crippen LogP contribution in [0, 0.1) is 0 Å². The molecule has 88 valence electrons. The molecule has 1 aromatic carbocycles. The van der Waals surface area contributed by atoms with E-state index in [1.807, 2.05) is 0 Å². The number of hydrogen-bond acceptors (Lipinski definition) is 3. The molecule has 0 saturated carbocycles. The van der Waals surface area contributed by atoms with Gasteiger partial charge in [-0.3, -0.25) is 0 Å². The summed E-state index contributed by atoms with van der Waals surface area (Å²) in [7, 11) is 0. The van der Waals surface area contributed by atoms with E-state index in [2.05, 4.69) is 43.0 Å². The average Bonchev–Trinajstić information content (AvgIpc) is 2.28. The Hall–Kier alpha value is -1.06. The van der Waals surface area contributed by atoms with Crippen LogP contribution in [0.4, 0.5) is 5.69 Å². The Kier molecular flexibility index (Phi) is 3.46. The monoisotopic (exact) mass is 220 g/mol. The van der Waals surface area contributed by atoms with Gasteiger partial charge < -0.3 is 15.4 Å². The van der Waals surface area contributed by atoms with Crippen LogP contribution in [-0.2, 0) is 11.3 Å². The van der Waals surface area contributed by atoms with Gasteiger partial charge in [-0.05, 0) is 31.5 Å². The van der Waals surface area contributed by atoms with E-state index >= 15 is 0 Å². The minimum atomic E-state index is 0.297. The van der Waals surface area contributed by atoms with Crippen molar-refractivity contribution in [2.24, 2.45) is 5.73 Å². The molecule has 0 aromatic heterocycles. The standard InChI is InChI=1S/C13H20N2O/c1-10-8-15(9-11(2)16-10)13-5-3-4-12(6-13)7-14/h3-6,10-11H,7-9,14H2,1-2H3. The van der Waals surface area contributed by atoms with E-state index in [-0.39, 0.29) is 0 Å². The third-order valence-corrected chi connectivity index (χ3v) is 2.93. The van der Waals surface area contributed by atoms with Gasteiger partial charge in [-0.15, -0.1) is 0 Å². The molecule has 2 rings (SSSR count). The van der Waals surface area contributed by atoms with Crippen molar-refractivity contribution in [1.29, 1.82) is 0 Å². The zero-order valence-electron chi connectivity index (χ0n) is 10.0. The van der Waals surface area contributed by atoms with Crippen molar-refractivity contribution in [2.45, 2.75) is 32.6 Å². The number of anilines is 1. The molecule has 2 N–H and O–H groups in total. The molecule has 2 atom stereocenters. The lowest BCUT2D eigenvalue weighted by Crippen LogP contribution is -2.45. The lowest BCUT2D eigenvalue weighted by atomic mass is 10.1. The van der Waals surface area contributed by atoms with Gasteiger partial charge >= 0.3 is 0 Å². The minimum Gasteiger partial charge on any atom is -0.372 e. The maximum absolute atomic E-state index is 5.73. The van der Waals surface area contributed by atoms with Crippen LogP contribution in [0.15, 0.2) is 24.3 Å². The third-order valence-electron chi connectivity index (χ3n) is 2.93. The van der Waals surface area contributed by atoms with E-state index in [4.69, 9.17) is 10.5 Å². The number of nitrogens with zero attached hydrogens (tertiary/aromatic N) is 1. The maximum Gasteiger partial charge on any atom is 0.0726 e. The van der Waals surface area contributed by atoms with E-state index < -0.39 is 0 Å². The Morgan fingerprint density at radius 3 is 2.62 bits per heavy atom. The van der Waals surface area contributed by atoms with Crippen molar-refractivity contribution in [3.63, 3.8) is 0 Å². The van der Waals surface area contributed by atoms with Crippen LogP contribution in [0.25, 0.3) is 0 Å². The molecule has 16 heavy (non-hydrogen) atoms. The second-order valence-corrected chi connectivity index (χ2v) is 4.54. The molecule has 3 nitrogen and oxygen atoms in total. The highest BCUT2D eigenvalue weighted by Crippen LogP contribution is 2.21. The van der Waals surface area contributed by atoms with E-state index in [1.165, 1.54) is 11.3 Å². The molecule has 3 heteroatoms. The zero-order chi connectivity index (χ0) is 11.5. The normalized spacial score (nSPS) is 25.8. The summed E-state index contributed by atoms with van der Waals surface area (Å²) in [5.41, 5.74) is 8.10. The molecule has 0 aliphatic carbocycles. The number of morpholine rings is 1. The summed E-state index contributed by atoms with van der Waals surface area (Å²) < 4.78 is 5.73. The van der Waals surface area contributed by atoms with Crippen molar-refractivity contribution in [2.75, 3.05) is 18.0 Å². The molecular formula is C13H20N2O. The van der Waals surface area contributed by atoms with E-state index in [0.717, 1.165) is 13.1 Å². The number of benzene rings is 1. The fourth-order valence-electron chi connectivity index (χ4n) is 2.27. The molecule has 0 amide bonds. The molecular weight excluding hydrogens is 200 g/mol. The Morgan fingerprint density at radius 2 is 2.00 bits per heavy atom. The van der Waals surface area contributed by atoms with E-state index in [1.54, 1.807) is 0 Å². The summed E-state index contributed by atoms with van der Waals surface area (Å²) in [5, 5.41) is 0. The maximum atomic E-state index is 5.73. The van der Waals surface area contributed by atoms with Crippen LogP contribution in [-0.4, -0.2) is 25.3 Å². The smallest absolute Gasteiger partial charge is 0.0726 e. The summed E-state index contributed by atoms with van der Waals surface area (Å²) in [4.78, 5) is 2.37. The number of nitrogens with two attached hydrogens (primary N) is 1. The molecule has 1 aromatic rings. The van der Waals surface area contributed by atoms with Crippen LogP contribution in [0.5, 0.6) is 0 Å². The van der Waals surface area contributed by atoms with E-state index in [0.29, 0.717) is 18.8 Å². The molecule has 1 fully saturated rings. The number of rotatable bonds is 2. The minimum absolute atomic E-state index is 0.297. The first kappa shape index (κ1) is 11.4. The van der Waals surface area contributed by atoms with Gasteiger partial charge in [0.2, 0.25) is 0 Å². The summed E-state index contributed by atoms with van der Waals surface area (Å²) in [6.45, 7) is 6.75. The van der Waals surface area contributed by atoms with Gasteiger partial charge in [-0.25, -0.2) is 0 Å². The van der Waals surface area contributed by atoms with Gasteiger partial charge in [0.05, 0.1) is 12.2 Å². The van der Waals surface area contributed by atoms with Crippen molar-refractivity contribution in [3.8, 4) is 0 Å². The van der Waals surface area contributed by atoms with Crippen molar-refractivity contribution < 1.29 is 4.74 Å². The van der Waals surface area contributed by atoms with Gasteiger partial charge in [0.15, 0.2) is 0 Å². The quantitative estimate of drug-likeness (QED) is 0.825. The number of ether oxygens (including phenoxy) is 1. The molecule has 0 spiro atoms. The van der Waals surface area contributed by atoms with Gasteiger partial charge in [0.1, 0.15) is 0 Å². The topological polar surface area (TPSA) is 38.5 Å². The van der Waals surface area contributed by atoms with Gasteiger partial charge in [-0.1, -0.05) is 12.1 Å². The van der Waals surface area contributed by atoms with Gasteiger partial charge in [-0.2, -0.15) is 0 Å². The summed E-state index contributed by atoms with van der Waals surface area (Å²) in [5.74, 6) is 0. The summed E-state index contributed by atoms with van der Waals surface area (Å²) in [6, 6.07) is 8.45. The molecule has 0 radical (unpaired) electrons. The lowest BCUT2D eigenvalue weighted by molar-refractivity contribution is -0.00522. The Bertz CT molecular complexity index is 344. The van der Waals surface area contributed by atoms with Crippen LogP contribution in [0.1, 0.15) is 19.4 Å². The highest BCUT2D eigenvalue weighted by Gasteiger charge is 2.22. The average molecular weight is 220 g/mol. The van der Waals surface area contributed by atoms with Crippen molar-refractivity contribution >= 4 is 5.69 Å². The second-order valence-electron chi connectivity index (χ2n) is 4.54. The molecule has 1 aliphatic heterocycles. The SMILES string of the molecule is CC1CN(c2cccc(CN)c2)CC(C)O1. The predicted molar refractivity (Wildman–Crippen MR) is 66.6 cm³/mol. The molecule has 1 saturated heterocycles. The van der Waals surface area contributed by atoms with Crippen LogP contribution in [0.3, 0.4) is 0 Å². The highest BCUT2D eigenvalue weighted by atomic mass is 16.5. The molecule has 1 heterocycles. The largest absolute Gasteiger partial charge is 0.372 e. The van der Waals surface area contributed by atoms with Gasteiger partial charge in [0, 0.05) is 25.3 Å². The third kappa shape index (κ3) is 2.54. The second kappa shape index (κ2) is 4.85. The summed E-state index contributed by atoms with van der Waals surface area (Å²) >= 11 is 0.